The minimum absolute atomic E-state index is 0.299. The maximum absolute atomic E-state index is 12.4. The highest BCUT2D eigenvalue weighted by Crippen LogP contribution is 2.20. The molecule has 1 aliphatic heterocycles. The number of amides is 1. The molecule has 1 aromatic carbocycles. The summed E-state index contributed by atoms with van der Waals surface area (Å²) in [6.45, 7) is 11.6. The lowest BCUT2D eigenvalue weighted by Gasteiger charge is -2.36. The monoisotopic (exact) mass is 288 g/mol. The summed E-state index contributed by atoms with van der Waals surface area (Å²) < 4.78 is 0. The molecule has 116 valence electrons. The number of hydrogen-bond donors (Lipinski definition) is 0. The molecule has 21 heavy (non-hydrogen) atoms. The Kier molecular flexibility index (Phi) is 5.80. The van der Waals surface area contributed by atoms with Crippen LogP contribution in [0, 0.1) is 5.92 Å². The summed E-state index contributed by atoms with van der Waals surface area (Å²) in [7, 11) is 0. The van der Waals surface area contributed by atoms with Crippen molar-refractivity contribution in [1.82, 2.24) is 9.80 Å². The molecule has 3 nitrogen and oxygen atoms in total. The van der Waals surface area contributed by atoms with E-state index in [1.54, 1.807) is 0 Å². The second-order valence-corrected chi connectivity index (χ2v) is 6.59. The molecule has 0 saturated carbocycles. The normalized spacial score (nSPS) is 18.0. The third kappa shape index (κ3) is 4.85. The molecule has 1 unspecified atom stereocenters. The van der Waals surface area contributed by atoms with Crippen LogP contribution in [0.3, 0.4) is 0 Å². The van der Waals surface area contributed by atoms with E-state index in [0.717, 1.165) is 32.7 Å². The van der Waals surface area contributed by atoms with Crippen LogP contribution in [0.1, 0.15) is 38.7 Å². The number of carbonyl (C=O) groups is 1. The molecule has 1 heterocycles. The molecule has 0 spiro atoms. The second kappa shape index (κ2) is 7.60. The molecular weight excluding hydrogens is 260 g/mol. The Balaban J connectivity index is 1.80. The molecule has 1 atom stereocenters. The first-order valence-electron chi connectivity index (χ1n) is 8.11. The van der Waals surface area contributed by atoms with E-state index < -0.39 is 0 Å². The van der Waals surface area contributed by atoms with Crippen LogP contribution in [0.25, 0.3) is 0 Å². The molecule has 0 bridgehead atoms. The summed E-state index contributed by atoms with van der Waals surface area (Å²) in [5.41, 5.74) is 1.25. The topological polar surface area (TPSA) is 23.6 Å². The van der Waals surface area contributed by atoms with Gasteiger partial charge in [0.2, 0.25) is 5.91 Å². The van der Waals surface area contributed by atoms with Gasteiger partial charge >= 0.3 is 0 Å². The first kappa shape index (κ1) is 16.0. The molecule has 1 fully saturated rings. The Morgan fingerprint density at radius 3 is 2.24 bits per heavy atom. The van der Waals surface area contributed by atoms with Gasteiger partial charge in [-0.25, -0.2) is 0 Å². The second-order valence-electron chi connectivity index (χ2n) is 6.59. The number of rotatable bonds is 5. The van der Waals surface area contributed by atoms with Crippen LogP contribution >= 0.6 is 0 Å². The highest BCUT2D eigenvalue weighted by molar-refractivity contribution is 5.77. The van der Waals surface area contributed by atoms with Crippen molar-refractivity contribution in [3.8, 4) is 0 Å². The van der Waals surface area contributed by atoms with Gasteiger partial charge in [0.1, 0.15) is 0 Å². The van der Waals surface area contributed by atoms with Crippen molar-refractivity contribution in [2.45, 2.75) is 33.1 Å². The third-order valence-corrected chi connectivity index (χ3v) is 4.20. The van der Waals surface area contributed by atoms with Crippen molar-refractivity contribution in [2.24, 2.45) is 5.92 Å². The number of benzene rings is 1. The van der Waals surface area contributed by atoms with E-state index >= 15 is 0 Å². The molecule has 3 heteroatoms. The number of nitrogens with zero attached hydrogens (tertiary/aromatic N) is 2. The fourth-order valence-corrected chi connectivity index (χ4v) is 2.99. The Morgan fingerprint density at radius 1 is 1.05 bits per heavy atom. The average molecular weight is 288 g/mol. The van der Waals surface area contributed by atoms with E-state index in [9.17, 15) is 4.79 Å². The van der Waals surface area contributed by atoms with E-state index in [4.69, 9.17) is 0 Å². The first-order chi connectivity index (χ1) is 10.1. The van der Waals surface area contributed by atoms with Gasteiger partial charge in [-0.05, 0) is 17.4 Å². The lowest BCUT2D eigenvalue weighted by Crippen LogP contribution is -2.49. The van der Waals surface area contributed by atoms with Crippen molar-refractivity contribution in [1.29, 1.82) is 0 Å². The zero-order valence-electron chi connectivity index (χ0n) is 13.6. The minimum Gasteiger partial charge on any atom is -0.340 e. The SMILES string of the molecule is CC(C)CN1CCN(C(=O)CC(C)c2ccccc2)CC1. The van der Waals surface area contributed by atoms with Crippen LogP contribution < -0.4 is 0 Å². The highest BCUT2D eigenvalue weighted by Gasteiger charge is 2.22. The van der Waals surface area contributed by atoms with Gasteiger partial charge in [0, 0.05) is 39.1 Å². The van der Waals surface area contributed by atoms with Gasteiger partial charge in [-0.15, -0.1) is 0 Å². The van der Waals surface area contributed by atoms with E-state index in [2.05, 4.69) is 37.8 Å². The Bertz CT molecular complexity index is 436. The molecule has 2 rings (SSSR count). The third-order valence-electron chi connectivity index (χ3n) is 4.20. The molecule has 0 N–H and O–H groups in total. The van der Waals surface area contributed by atoms with Gasteiger partial charge < -0.3 is 4.90 Å². The molecule has 0 aromatic heterocycles. The van der Waals surface area contributed by atoms with Crippen molar-refractivity contribution in [3.05, 3.63) is 35.9 Å². The lowest BCUT2D eigenvalue weighted by atomic mass is 9.97. The number of hydrogen-bond acceptors (Lipinski definition) is 2. The van der Waals surface area contributed by atoms with E-state index in [1.165, 1.54) is 5.56 Å². The average Bonchev–Trinajstić information content (AvgIpc) is 2.48. The largest absolute Gasteiger partial charge is 0.340 e. The Morgan fingerprint density at radius 2 is 1.67 bits per heavy atom. The summed E-state index contributed by atoms with van der Waals surface area (Å²) in [5.74, 6) is 1.30. The molecule has 0 aliphatic carbocycles. The summed E-state index contributed by atoms with van der Waals surface area (Å²) in [5, 5.41) is 0. The van der Waals surface area contributed by atoms with Gasteiger partial charge in [-0.1, -0.05) is 51.1 Å². The van der Waals surface area contributed by atoms with Gasteiger partial charge in [0.15, 0.2) is 0 Å². The Hall–Kier alpha value is -1.35. The predicted octanol–water partition coefficient (Wildman–Crippen LogP) is 2.98. The zero-order valence-corrected chi connectivity index (χ0v) is 13.6. The van der Waals surface area contributed by atoms with Gasteiger partial charge in [0.25, 0.3) is 0 Å². The van der Waals surface area contributed by atoms with E-state index in [0.29, 0.717) is 24.2 Å². The maximum atomic E-state index is 12.4. The van der Waals surface area contributed by atoms with E-state index in [1.807, 2.05) is 23.1 Å². The van der Waals surface area contributed by atoms with E-state index in [-0.39, 0.29) is 0 Å². The molecule has 1 amide bonds. The molecule has 1 aliphatic rings. The summed E-state index contributed by atoms with van der Waals surface area (Å²) in [4.78, 5) is 16.9. The summed E-state index contributed by atoms with van der Waals surface area (Å²) in [6.07, 6.45) is 0.619. The Labute approximate surface area is 128 Å². The van der Waals surface area contributed by atoms with Crippen LogP contribution in [0.15, 0.2) is 30.3 Å². The van der Waals surface area contributed by atoms with Crippen molar-refractivity contribution >= 4 is 5.91 Å². The lowest BCUT2D eigenvalue weighted by molar-refractivity contribution is -0.133. The standard InChI is InChI=1S/C18H28N2O/c1-15(2)14-19-9-11-20(12-10-19)18(21)13-16(3)17-7-5-4-6-8-17/h4-8,15-16H,9-14H2,1-3H3. The molecule has 1 aromatic rings. The van der Waals surface area contributed by atoms with Gasteiger partial charge in [-0.2, -0.15) is 0 Å². The van der Waals surface area contributed by atoms with Gasteiger partial charge in [-0.3, -0.25) is 9.69 Å². The minimum atomic E-state index is 0.299. The molecule has 1 saturated heterocycles. The van der Waals surface area contributed by atoms with Crippen LogP contribution in [-0.4, -0.2) is 48.4 Å². The van der Waals surface area contributed by atoms with Crippen molar-refractivity contribution in [2.75, 3.05) is 32.7 Å². The maximum Gasteiger partial charge on any atom is 0.223 e. The summed E-state index contributed by atoms with van der Waals surface area (Å²) >= 11 is 0. The summed E-state index contributed by atoms with van der Waals surface area (Å²) in [6, 6.07) is 10.3. The zero-order chi connectivity index (χ0) is 15.2. The number of carbonyl (C=O) groups excluding carboxylic acids is 1. The predicted molar refractivity (Wildman–Crippen MR) is 87.3 cm³/mol. The smallest absolute Gasteiger partial charge is 0.223 e. The molecular formula is C18H28N2O. The van der Waals surface area contributed by atoms with Crippen molar-refractivity contribution < 1.29 is 4.79 Å². The first-order valence-corrected chi connectivity index (χ1v) is 8.11. The van der Waals surface area contributed by atoms with Gasteiger partial charge in [0.05, 0.1) is 0 Å². The number of piperazine rings is 1. The van der Waals surface area contributed by atoms with Crippen LogP contribution in [0.5, 0.6) is 0 Å². The van der Waals surface area contributed by atoms with Crippen molar-refractivity contribution in [3.63, 3.8) is 0 Å². The van der Waals surface area contributed by atoms with Crippen LogP contribution in [-0.2, 0) is 4.79 Å². The van der Waals surface area contributed by atoms with Crippen LogP contribution in [0.4, 0.5) is 0 Å². The fourth-order valence-electron chi connectivity index (χ4n) is 2.99. The molecule has 0 radical (unpaired) electrons. The fraction of sp³-hybridized carbons (Fsp3) is 0.611. The van der Waals surface area contributed by atoms with Crippen LogP contribution in [0.2, 0.25) is 0 Å². The quantitative estimate of drug-likeness (QED) is 0.831. The highest BCUT2D eigenvalue weighted by atomic mass is 16.2.